The Morgan fingerprint density at radius 3 is 1.68 bits per heavy atom. The summed E-state index contributed by atoms with van der Waals surface area (Å²) >= 11 is 2.61. The van der Waals surface area contributed by atoms with E-state index in [1.807, 2.05) is 0 Å². The fourth-order valence-corrected chi connectivity index (χ4v) is 6.11. The fourth-order valence-electron chi connectivity index (χ4n) is 5.03. The first-order chi connectivity index (χ1) is 16.0. The van der Waals surface area contributed by atoms with Crippen molar-refractivity contribution in [1.29, 1.82) is 0 Å². The van der Waals surface area contributed by atoms with Gasteiger partial charge in [0.25, 0.3) is 0 Å². The van der Waals surface area contributed by atoms with Crippen LogP contribution in [-0.2, 0) is 17.3 Å². The molecule has 0 aliphatic heterocycles. The molecule has 5 rings (SSSR count). The third-order valence-corrected chi connectivity index (χ3v) is 8.33. The van der Waals surface area contributed by atoms with E-state index >= 15 is 0 Å². The molecule has 0 radical (unpaired) electrons. The normalized spacial score (nSPS) is 13.0. The van der Waals surface area contributed by atoms with Gasteiger partial charge in [0.15, 0.2) is 0 Å². The molecule has 0 fully saturated rings. The Bertz CT molecular complexity index is 1360. The number of hydrogen-bond acceptors (Lipinski definition) is 0. The van der Waals surface area contributed by atoms with Gasteiger partial charge in [-0.1, -0.05) is 114 Å². The highest BCUT2D eigenvalue weighted by atomic mass is 127. The minimum absolute atomic E-state index is 0.148. The maximum atomic E-state index is 2.61. The van der Waals surface area contributed by atoms with E-state index < -0.39 is 0 Å². The summed E-state index contributed by atoms with van der Waals surface area (Å²) in [6.45, 7) is 13.7. The van der Waals surface area contributed by atoms with Crippen LogP contribution in [0.2, 0.25) is 0 Å². The molecule has 34 heavy (non-hydrogen) atoms. The van der Waals surface area contributed by atoms with Crippen LogP contribution in [0.1, 0.15) is 63.8 Å². The number of benzene rings is 4. The van der Waals surface area contributed by atoms with Crippen LogP contribution in [0.15, 0.2) is 78.9 Å². The first-order valence-electron chi connectivity index (χ1n) is 12.2. The number of hydrogen-bond donors (Lipinski definition) is 0. The third kappa shape index (κ3) is 4.13. The summed E-state index contributed by atoms with van der Waals surface area (Å²) in [7, 11) is 0. The van der Waals surface area contributed by atoms with Gasteiger partial charge in [0.05, 0.1) is 0 Å². The van der Waals surface area contributed by atoms with Crippen LogP contribution in [0.25, 0.3) is 33.4 Å². The molecule has 0 saturated heterocycles. The van der Waals surface area contributed by atoms with Crippen LogP contribution in [0, 0.1) is 3.57 Å². The molecule has 4 aromatic rings. The molecule has 1 aliphatic carbocycles. The van der Waals surface area contributed by atoms with Gasteiger partial charge in [0.2, 0.25) is 0 Å². The predicted octanol–water partition coefficient (Wildman–Crippen LogP) is 9.79. The van der Waals surface area contributed by atoms with E-state index in [1.54, 1.807) is 0 Å². The van der Waals surface area contributed by atoms with Crippen LogP contribution in [0.4, 0.5) is 0 Å². The number of halogens is 1. The Morgan fingerprint density at radius 1 is 0.588 bits per heavy atom. The molecule has 172 valence electrons. The van der Waals surface area contributed by atoms with Gasteiger partial charge in [-0.2, -0.15) is 0 Å². The largest absolute Gasteiger partial charge is 0.0619 e. The van der Waals surface area contributed by atoms with Crippen LogP contribution in [-0.4, -0.2) is 0 Å². The summed E-state index contributed by atoms with van der Waals surface area (Å²) in [6, 6.07) is 29.8. The van der Waals surface area contributed by atoms with Crippen molar-refractivity contribution in [2.45, 2.75) is 58.8 Å². The minimum Gasteiger partial charge on any atom is -0.0619 e. The van der Waals surface area contributed by atoms with E-state index in [4.69, 9.17) is 0 Å². The molecular formula is C33H33I. The summed E-state index contributed by atoms with van der Waals surface area (Å²) < 4.78 is 1.38. The molecule has 0 heterocycles. The standard InChI is InChI=1S/C33H33I/c1-32(2,3)24-15-11-21(12-16-24)27-20-28-26-10-8-7-9-23(26)19-29(28)31(34)30(27)22-13-17-25(18-14-22)33(4,5)6/h7-18,20H,19H2,1-6H3. The monoisotopic (exact) mass is 556 g/mol. The van der Waals surface area contributed by atoms with Gasteiger partial charge in [-0.15, -0.1) is 0 Å². The summed E-state index contributed by atoms with van der Waals surface area (Å²) in [6.07, 6.45) is 1.01. The molecule has 0 saturated carbocycles. The van der Waals surface area contributed by atoms with Gasteiger partial charge in [-0.05, 0) is 96.0 Å². The Hall–Kier alpha value is -2.39. The number of fused-ring (bicyclic) bond motifs is 3. The molecule has 1 heteroatoms. The van der Waals surface area contributed by atoms with E-state index in [2.05, 4.69) is 143 Å². The van der Waals surface area contributed by atoms with Gasteiger partial charge in [0.1, 0.15) is 0 Å². The molecule has 4 aromatic carbocycles. The predicted molar refractivity (Wildman–Crippen MR) is 156 cm³/mol. The van der Waals surface area contributed by atoms with Crippen molar-refractivity contribution in [3.8, 4) is 33.4 Å². The Balaban J connectivity index is 1.73. The van der Waals surface area contributed by atoms with Crippen molar-refractivity contribution in [2.75, 3.05) is 0 Å². The smallest absolute Gasteiger partial charge is 0.0256 e. The highest BCUT2D eigenvalue weighted by molar-refractivity contribution is 14.1. The van der Waals surface area contributed by atoms with E-state index in [0.29, 0.717) is 0 Å². The molecule has 0 aromatic heterocycles. The van der Waals surface area contributed by atoms with Gasteiger partial charge >= 0.3 is 0 Å². The maximum absolute atomic E-state index is 2.61. The van der Waals surface area contributed by atoms with Gasteiger partial charge in [0, 0.05) is 9.13 Å². The molecule has 1 aliphatic rings. The molecule has 0 amide bonds. The minimum atomic E-state index is 0.148. The van der Waals surface area contributed by atoms with Crippen molar-refractivity contribution in [1.82, 2.24) is 0 Å². The van der Waals surface area contributed by atoms with Crippen molar-refractivity contribution < 1.29 is 0 Å². The Morgan fingerprint density at radius 2 is 1.12 bits per heavy atom. The molecule has 0 nitrogen and oxygen atoms in total. The van der Waals surface area contributed by atoms with E-state index in [1.165, 1.54) is 59.2 Å². The second-order valence-electron chi connectivity index (χ2n) is 11.6. The lowest BCUT2D eigenvalue weighted by molar-refractivity contribution is 0.590. The highest BCUT2D eigenvalue weighted by Gasteiger charge is 2.26. The van der Waals surface area contributed by atoms with E-state index in [-0.39, 0.29) is 10.8 Å². The lowest BCUT2D eigenvalue weighted by atomic mass is 9.83. The molecule has 0 spiro atoms. The zero-order chi connectivity index (χ0) is 24.3. The van der Waals surface area contributed by atoms with Gasteiger partial charge in [-0.3, -0.25) is 0 Å². The topological polar surface area (TPSA) is 0 Å². The van der Waals surface area contributed by atoms with Gasteiger partial charge < -0.3 is 0 Å². The van der Waals surface area contributed by atoms with Crippen LogP contribution >= 0.6 is 22.6 Å². The maximum Gasteiger partial charge on any atom is 0.0256 e. The van der Waals surface area contributed by atoms with Crippen LogP contribution in [0.3, 0.4) is 0 Å². The Labute approximate surface area is 218 Å². The molecule has 0 unspecified atom stereocenters. The third-order valence-electron chi connectivity index (χ3n) is 7.14. The van der Waals surface area contributed by atoms with Crippen LogP contribution < -0.4 is 0 Å². The quantitative estimate of drug-likeness (QED) is 0.190. The first-order valence-corrected chi connectivity index (χ1v) is 13.3. The summed E-state index contributed by atoms with van der Waals surface area (Å²) in [4.78, 5) is 0. The van der Waals surface area contributed by atoms with Gasteiger partial charge in [-0.25, -0.2) is 0 Å². The highest BCUT2D eigenvalue weighted by Crippen LogP contribution is 2.47. The second kappa shape index (κ2) is 8.37. The van der Waals surface area contributed by atoms with Crippen molar-refractivity contribution in [2.24, 2.45) is 0 Å². The molecule has 0 bridgehead atoms. The molecule has 0 atom stereocenters. The zero-order valence-electron chi connectivity index (χ0n) is 21.1. The fraction of sp³-hybridized carbons (Fsp3) is 0.273. The first kappa shape index (κ1) is 23.4. The number of rotatable bonds is 2. The van der Waals surface area contributed by atoms with Crippen LogP contribution in [0.5, 0.6) is 0 Å². The zero-order valence-corrected chi connectivity index (χ0v) is 23.2. The van der Waals surface area contributed by atoms with Crippen molar-refractivity contribution in [3.63, 3.8) is 0 Å². The second-order valence-corrected chi connectivity index (χ2v) is 12.7. The summed E-state index contributed by atoms with van der Waals surface area (Å²) in [5.41, 5.74) is 14.0. The average Bonchev–Trinajstić information content (AvgIpc) is 3.17. The van der Waals surface area contributed by atoms with Crippen molar-refractivity contribution in [3.05, 3.63) is 105 Å². The average molecular weight is 557 g/mol. The molecular weight excluding hydrogens is 523 g/mol. The Kier molecular flexibility index (Phi) is 5.75. The lowest BCUT2D eigenvalue weighted by Gasteiger charge is -2.22. The summed E-state index contributed by atoms with van der Waals surface area (Å²) in [5.74, 6) is 0. The lowest BCUT2D eigenvalue weighted by Crippen LogP contribution is -2.10. The summed E-state index contributed by atoms with van der Waals surface area (Å²) in [5, 5.41) is 0. The molecule has 0 N–H and O–H groups in total. The van der Waals surface area contributed by atoms with Crippen molar-refractivity contribution >= 4 is 22.6 Å². The van der Waals surface area contributed by atoms with E-state index in [0.717, 1.165) is 6.42 Å². The van der Waals surface area contributed by atoms with E-state index in [9.17, 15) is 0 Å². The SMILES string of the molecule is CC(C)(C)c1ccc(-c2cc3c(c(I)c2-c2ccc(C(C)(C)C)cc2)Cc2ccccc2-3)cc1.